The van der Waals surface area contributed by atoms with Crippen LogP contribution in [0.2, 0.25) is 0 Å². The lowest BCUT2D eigenvalue weighted by Crippen LogP contribution is -2.34. The number of para-hydroxylation sites is 1. The van der Waals surface area contributed by atoms with E-state index in [4.69, 9.17) is 9.47 Å². The number of anilines is 2. The summed E-state index contributed by atoms with van der Waals surface area (Å²) in [6.07, 6.45) is -0.632. The van der Waals surface area contributed by atoms with Crippen LogP contribution in [0.3, 0.4) is 0 Å². The van der Waals surface area contributed by atoms with Gasteiger partial charge in [-0.05, 0) is 58.0 Å². The van der Waals surface area contributed by atoms with Crippen LogP contribution in [0.25, 0.3) is 10.2 Å². The fourth-order valence-electron chi connectivity index (χ4n) is 2.83. The van der Waals surface area contributed by atoms with Gasteiger partial charge in [0.2, 0.25) is 0 Å². The number of hydrogen-bond donors (Lipinski definition) is 1. The standard InChI is InChI=1S/C23H25N3O5S/c1-5-26(21-25-17-11-6-7-12-18(17)32-21)19(27)14-30-20(28)15-9-8-10-16(13-15)24-22(29)31-23(2,3)4/h6-13H,5,14H2,1-4H3,(H,24,29). The largest absolute Gasteiger partial charge is 0.452 e. The van der Waals surface area contributed by atoms with E-state index in [0.29, 0.717) is 17.4 Å². The Labute approximate surface area is 190 Å². The lowest BCUT2D eigenvalue weighted by atomic mass is 10.2. The number of carbonyl (C=O) groups is 3. The number of amides is 2. The zero-order chi connectivity index (χ0) is 23.3. The predicted octanol–water partition coefficient (Wildman–Crippen LogP) is 4.85. The fourth-order valence-corrected chi connectivity index (χ4v) is 3.87. The molecule has 0 radical (unpaired) electrons. The van der Waals surface area contributed by atoms with E-state index >= 15 is 0 Å². The summed E-state index contributed by atoms with van der Waals surface area (Å²) in [5, 5.41) is 3.12. The number of nitrogens with one attached hydrogen (secondary N) is 1. The molecule has 32 heavy (non-hydrogen) atoms. The second kappa shape index (κ2) is 9.78. The van der Waals surface area contributed by atoms with Crippen molar-refractivity contribution in [1.29, 1.82) is 0 Å². The maximum atomic E-state index is 12.7. The molecule has 0 unspecified atom stereocenters. The molecule has 0 aliphatic carbocycles. The van der Waals surface area contributed by atoms with Crippen molar-refractivity contribution in [3.05, 3.63) is 54.1 Å². The Bertz CT molecular complexity index is 1100. The van der Waals surface area contributed by atoms with Gasteiger partial charge in [0.15, 0.2) is 11.7 Å². The van der Waals surface area contributed by atoms with Gasteiger partial charge in [0.25, 0.3) is 5.91 Å². The zero-order valence-electron chi connectivity index (χ0n) is 18.4. The summed E-state index contributed by atoms with van der Waals surface area (Å²) in [6.45, 7) is 7.07. The summed E-state index contributed by atoms with van der Waals surface area (Å²) >= 11 is 1.40. The molecular weight excluding hydrogens is 430 g/mol. The average Bonchev–Trinajstić information content (AvgIpc) is 3.15. The minimum absolute atomic E-state index is 0.203. The van der Waals surface area contributed by atoms with Gasteiger partial charge in [0.05, 0.1) is 15.8 Å². The molecule has 168 valence electrons. The molecule has 0 bridgehead atoms. The molecule has 0 saturated heterocycles. The van der Waals surface area contributed by atoms with Crippen molar-refractivity contribution in [3.8, 4) is 0 Å². The number of aromatic nitrogens is 1. The highest BCUT2D eigenvalue weighted by Gasteiger charge is 2.21. The smallest absolute Gasteiger partial charge is 0.412 e. The third-order valence-electron chi connectivity index (χ3n) is 4.20. The summed E-state index contributed by atoms with van der Waals surface area (Å²) in [5.41, 5.74) is 0.749. The first-order valence-corrected chi connectivity index (χ1v) is 10.9. The zero-order valence-corrected chi connectivity index (χ0v) is 19.2. The van der Waals surface area contributed by atoms with Crippen LogP contribution < -0.4 is 10.2 Å². The van der Waals surface area contributed by atoms with Gasteiger partial charge in [-0.2, -0.15) is 0 Å². The summed E-state index contributed by atoms with van der Waals surface area (Å²) in [6, 6.07) is 13.8. The molecule has 3 rings (SSSR count). The molecule has 9 heteroatoms. The lowest BCUT2D eigenvalue weighted by molar-refractivity contribution is -0.121. The number of benzene rings is 2. The van der Waals surface area contributed by atoms with Crippen molar-refractivity contribution in [3.63, 3.8) is 0 Å². The molecule has 0 saturated carbocycles. The summed E-state index contributed by atoms with van der Waals surface area (Å²) in [5.74, 6) is -1.05. The molecule has 0 aliphatic rings. The fraction of sp³-hybridized carbons (Fsp3) is 0.304. The van der Waals surface area contributed by atoms with Gasteiger partial charge in [-0.3, -0.25) is 15.0 Å². The van der Waals surface area contributed by atoms with Crippen molar-refractivity contribution < 1.29 is 23.9 Å². The Morgan fingerprint density at radius 3 is 2.53 bits per heavy atom. The first-order valence-electron chi connectivity index (χ1n) is 10.1. The van der Waals surface area contributed by atoms with Gasteiger partial charge in [0, 0.05) is 12.2 Å². The number of esters is 1. The number of fused-ring (bicyclic) bond motifs is 1. The van der Waals surface area contributed by atoms with Crippen LogP contribution in [-0.2, 0) is 14.3 Å². The molecule has 1 heterocycles. The van der Waals surface area contributed by atoms with E-state index in [2.05, 4.69) is 10.3 Å². The van der Waals surface area contributed by atoms with Gasteiger partial charge < -0.3 is 9.47 Å². The van der Waals surface area contributed by atoms with Gasteiger partial charge in [-0.1, -0.05) is 29.5 Å². The van der Waals surface area contributed by atoms with Crippen LogP contribution in [0, 0.1) is 0 Å². The molecule has 2 aromatic carbocycles. The van der Waals surface area contributed by atoms with Crippen LogP contribution >= 0.6 is 11.3 Å². The lowest BCUT2D eigenvalue weighted by Gasteiger charge is -2.19. The van der Waals surface area contributed by atoms with Crippen molar-refractivity contribution in [2.45, 2.75) is 33.3 Å². The maximum absolute atomic E-state index is 12.7. The molecule has 8 nitrogen and oxygen atoms in total. The number of thiazole rings is 1. The number of hydrogen-bond acceptors (Lipinski definition) is 7. The molecule has 3 aromatic rings. The highest BCUT2D eigenvalue weighted by atomic mass is 32.1. The van der Waals surface area contributed by atoms with Crippen LogP contribution in [0.15, 0.2) is 48.5 Å². The Kier molecular flexibility index (Phi) is 7.09. The predicted molar refractivity (Wildman–Crippen MR) is 124 cm³/mol. The van der Waals surface area contributed by atoms with E-state index in [1.807, 2.05) is 31.2 Å². The minimum atomic E-state index is -0.674. The summed E-state index contributed by atoms with van der Waals surface area (Å²) in [7, 11) is 0. The van der Waals surface area contributed by atoms with Crippen LogP contribution in [-0.4, -0.2) is 41.7 Å². The Balaban J connectivity index is 1.61. The molecule has 1 aromatic heterocycles. The van der Waals surface area contributed by atoms with E-state index < -0.39 is 24.3 Å². The SMILES string of the molecule is CCN(C(=O)COC(=O)c1cccc(NC(=O)OC(C)(C)C)c1)c1nc2ccccc2s1. The Hall–Kier alpha value is -3.46. The highest BCUT2D eigenvalue weighted by Crippen LogP contribution is 2.28. The average molecular weight is 456 g/mol. The van der Waals surface area contributed by atoms with Gasteiger partial charge in [0.1, 0.15) is 5.60 Å². The van der Waals surface area contributed by atoms with Gasteiger partial charge in [-0.25, -0.2) is 14.6 Å². The van der Waals surface area contributed by atoms with E-state index in [-0.39, 0.29) is 11.5 Å². The summed E-state index contributed by atoms with van der Waals surface area (Å²) < 4.78 is 11.4. The van der Waals surface area contributed by atoms with Gasteiger partial charge in [-0.15, -0.1) is 0 Å². The van der Waals surface area contributed by atoms with Gasteiger partial charge >= 0.3 is 12.1 Å². The maximum Gasteiger partial charge on any atom is 0.412 e. The van der Waals surface area contributed by atoms with Crippen molar-refractivity contribution in [2.24, 2.45) is 0 Å². The molecule has 0 aliphatic heterocycles. The normalized spacial score (nSPS) is 11.1. The van der Waals surface area contributed by atoms with Crippen LogP contribution in [0.4, 0.5) is 15.6 Å². The molecular formula is C23H25N3O5S. The molecule has 1 N–H and O–H groups in total. The number of rotatable bonds is 6. The molecule has 0 atom stereocenters. The van der Waals surface area contributed by atoms with Crippen molar-refractivity contribution in [2.75, 3.05) is 23.4 Å². The number of nitrogens with zero attached hydrogens (tertiary/aromatic N) is 2. The third-order valence-corrected chi connectivity index (χ3v) is 5.26. The molecule has 0 fully saturated rings. The number of ether oxygens (including phenoxy) is 2. The quantitative estimate of drug-likeness (QED) is 0.534. The first-order chi connectivity index (χ1) is 15.2. The number of carbonyl (C=O) groups excluding carboxylic acids is 3. The van der Waals surface area contributed by atoms with E-state index in [1.54, 1.807) is 32.9 Å². The summed E-state index contributed by atoms with van der Waals surface area (Å²) in [4.78, 5) is 43.0. The van der Waals surface area contributed by atoms with E-state index in [1.165, 1.54) is 28.4 Å². The van der Waals surface area contributed by atoms with Crippen LogP contribution in [0.1, 0.15) is 38.1 Å². The highest BCUT2D eigenvalue weighted by molar-refractivity contribution is 7.22. The van der Waals surface area contributed by atoms with Crippen LogP contribution in [0.5, 0.6) is 0 Å². The van der Waals surface area contributed by atoms with Crippen molar-refractivity contribution in [1.82, 2.24) is 4.98 Å². The topological polar surface area (TPSA) is 97.8 Å². The van der Waals surface area contributed by atoms with Crippen molar-refractivity contribution >= 4 is 50.3 Å². The second-order valence-electron chi connectivity index (χ2n) is 7.89. The number of likely N-dealkylation sites (N-methyl/N-ethyl adjacent to an activating group) is 1. The van der Waals surface area contributed by atoms with E-state index in [9.17, 15) is 14.4 Å². The second-order valence-corrected chi connectivity index (χ2v) is 8.90. The Morgan fingerprint density at radius 2 is 1.84 bits per heavy atom. The first kappa shape index (κ1) is 23.2. The molecule has 0 spiro atoms. The van der Waals surface area contributed by atoms with E-state index in [0.717, 1.165) is 10.2 Å². The molecule has 2 amide bonds. The Morgan fingerprint density at radius 1 is 1.09 bits per heavy atom. The monoisotopic (exact) mass is 455 g/mol. The minimum Gasteiger partial charge on any atom is -0.452 e. The third kappa shape index (κ3) is 6.04.